The van der Waals surface area contributed by atoms with Gasteiger partial charge in [0.05, 0.1) is 0 Å². The van der Waals surface area contributed by atoms with E-state index in [0.717, 1.165) is 0 Å². The highest BCUT2D eigenvalue weighted by molar-refractivity contribution is 5.88. The second-order valence-corrected chi connectivity index (χ2v) is 2.99. The van der Waals surface area contributed by atoms with Crippen LogP contribution in [0.1, 0.15) is 28.8 Å². The average Bonchev–Trinajstić information content (AvgIpc) is 2.24. The molecule has 1 aromatic rings. The number of halogens is 3. The molecule has 1 aromatic heterocycles. The molecule has 1 N–H and O–H groups in total. The minimum atomic E-state index is -4.84. The van der Waals surface area contributed by atoms with E-state index in [1.54, 1.807) is 6.92 Å². The number of carboxylic acids is 1. The SMILES string of the molecule is CCOCc1ncc(C(=O)O)c(C(F)(F)F)n1. The van der Waals surface area contributed by atoms with Gasteiger partial charge in [0.25, 0.3) is 0 Å². The van der Waals surface area contributed by atoms with Crippen LogP contribution >= 0.6 is 0 Å². The van der Waals surface area contributed by atoms with Gasteiger partial charge >= 0.3 is 12.1 Å². The summed E-state index contributed by atoms with van der Waals surface area (Å²) in [6.45, 7) is 1.77. The molecule has 1 rings (SSSR count). The fraction of sp³-hybridized carbons (Fsp3) is 0.444. The maximum atomic E-state index is 12.5. The summed E-state index contributed by atoms with van der Waals surface area (Å²) in [6, 6.07) is 0. The van der Waals surface area contributed by atoms with Gasteiger partial charge in [-0.15, -0.1) is 0 Å². The Kier molecular flexibility index (Phi) is 4.00. The monoisotopic (exact) mass is 250 g/mol. The number of alkyl halides is 3. The van der Waals surface area contributed by atoms with Gasteiger partial charge in [-0.1, -0.05) is 0 Å². The van der Waals surface area contributed by atoms with E-state index < -0.39 is 23.4 Å². The molecule has 94 valence electrons. The molecule has 1 heterocycles. The molecule has 0 saturated heterocycles. The topological polar surface area (TPSA) is 72.3 Å². The lowest BCUT2D eigenvalue weighted by Crippen LogP contribution is -2.18. The molecule has 0 aliphatic carbocycles. The van der Waals surface area contributed by atoms with Crippen molar-refractivity contribution in [1.82, 2.24) is 9.97 Å². The van der Waals surface area contributed by atoms with Gasteiger partial charge in [0.15, 0.2) is 11.5 Å². The van der Waals surface area contributed by atoms with Crippen molar-refractivity contribution in [1.29, 1.82) is 0 Å². The number of aromatic nitrogens is 2. The zero-order chi connectivity index (χ0) is 13.1. The van der Waals surface area contributed by atoms with Crippen molar-refractivity contribution in [2.75, 3.05) is 6.61 Å². The van der Waals surface area contributed by atoms with Crippen LogP contribution < -0.4 is 0 Å². The molecule has 0 radical (unpaired) electrons. The molecule has 0 saturated carbocycles. The van der Waals surface area contributed by atoms with Gasteiger partial charge in [0.2, 0.25) is 0 Å². The summed E-state index contributed by atoms with van der Waals surface area (Å²) in [5.74, 6) is -1.93. The van der Waals surface area contributed by atoms with Crippen LogP contribution in [0, 0.1) is 0 Å². The summed E-state index contributed by atoms with van der Waals surface area (Å²) in [7, 11) is 0. The molecule has 5 nitrogen and oxygen atoms in total. The molecular formula is C9H9F3N2O3. The number of aromatic carboxylic acids is 1. The van der Waals surface area contributed by atoms with Crippen LogP contribution in [0.5, 0.6) is 0 Å². The minimum Gasteiger partial charge on any atom is -0.478 e. The minimum absolute atomic E-state index is 0.195. The van der Waals surface area contributed by atoms with Crippen molar-refractivity contribution in [3.63, 3.8) is 0 Å². The fourth-order valence-electron chi connectivity index (χ4n) is 1.05. The van der Waals surface area contributed by atoms with E-state index >= 15 is 0 Å². The summed E-state index contributed by atoms with van der Waals surface area (Å²) in [6.07, 6.45) is -4.20. The van der Waals surface area contributed by atoms with Gasteiger partial charge < -0.3 is 9.84 Å². The normalized spacial score (nSPS) is 11.5. The standard InChI is InChI=1S/C9H9F3N2O3/c1-2-17-4-6-13-3-5(8(15)16)7(14-6)9(10,11)12/h3H,2,4H2,1H3,(H,15,16). The number of rotatable bonds is 4. The Labute approximate surface area is 94.3 Å². The van der Waals surface area contributed by atoms with Crippen LogP contribution in [0.15, 0.2) is 6.20 Å². The Morgan fingerprint density at radius 1 is 1.53 bits per heavy atom. The predicted molar refractivity (Wildman–Crippen MR) is 49.3 cm³/mol. The second-order valence-electron chi connectivity index (χ2n) is 2.99. The highest BCUT2D eigenvalue weighted by atomic mass is 19.4. The first-order valence-electron chi connectivity index (χ1n) is 4.60. The van der Waals surface area contributed by atoms with Gasteiger partial charge in [-0.25, -0.2) is 14.8 Å². The maximum Gasteiger partial charge on any atom is 0.434 e. The van der Waals surface area contributed by atoms with Gasteiger partial charge in [-0.05, 0) is 6.92 Å². The van der Waals surface area contributed by atoms with Crippen molar-refractivity contribution in [2.45, 2.75) is 19.7 Å². The Morgan fingerprint density at radius 3 is 2.65 bits per heavy atom. The first-order valence-corrected chi connectivity index (χ1v) is 4.60. The molecule has 0 atom stereocenters. The van der Waals surface area contributed by atoms with Crippen LogP contribution in [0.3, 0.4) is 0 Å². The van der Waals surface area contributed by atoms with Crippen molar-refractivity contribution < 1.29 is 27.8 Å². The first-order chi connectivity index (χ1) is 7.86. The summed E-state index contributed by atoms with van der Waals surface area (Å²) >= 11 is 0. The number of ether oxygens (including phenoxy) is 1. The van der Waals surface area contributed by atoms with Crippen molar-refractivity contribution >= 4 is 5.97 Å². The molecular weight excluding hydrogens is 241 g/mol. The summed E-state index contributed by atoms with van der Waals surface area (Å²) < 4.78 is 42.4. The summed E-state index contributed by atoms with van der Waals surface area (Å²) in [5, 5.41) is 8.58. The van der Waals surface area contributed by atoms with E-state index in [2.05, 4.69) is 9.97 Å². The van der Waals surface area contributed by atoms with E-state index in [0.29, 0.717) is 12.8 Å². The van der Waals surface area contributed by atoms with Gasteiger partial charge in [-0.2, -0.15) is 13.2 Å². The summed E-state index contributed by atoms with van der Waals surface area (Å²) in [4.78, 5) is 17.2. The Balaban J connectivity index is 3.15. The van der Waals surface area contributed by atoms with Crippen molar-refractivity contribution in [3.8, 4) is 0 Å². The van der Waals surface area contributed by atoms with Crippen LogP contribution in [-0.4, -0.2) is 27.7 Å². The third kappa shape index (κ3) is 3.38. The smallest absolute Gasteiger partial charge is 0.434 e. The van der Waals surface area contributed by atoms with E-state index in [1.165, 1.54) is 0 Å². The summed E-state index contributed by atoms with van der Waals surface area (Å²) in [5.41, 5.74) is -2.44. The van der Waals surface area contributed by atoms with Crippen molar-refractivity contribution in [3.05, 3.63) is 23.3 Å². The average molecular weight is 250 g/mol. The highest BCUT2D eigenvalue weighted by Gasteiger charge is 2.38. The van der Waals surface area contributed by atoms with Crippen molar-refractivity contribution in [2.24, 2.45) is 0 Å². The molecule has 8 heteroatoms. The van der Waals surface area contributed by atoms with Crippen LogP contribution in [0.2, 0.25) is 0 Å². The Bertz CT molecular complexity index is 420. The molecule has 0 amide bonds. The zero-order valence-corrected chi connectivity index (χ0v) is 8.78. The number of nitrogens with zero attached hydrogens (tertiary/aromatic N) is 2. The third-order valence-corrected chi connectivity index (χ3v) is 1.77. The van der Waals surface area contributed by atoms with E-state index in [1.807, 2.05) is 0 Å². The number of hydrogen-bond donors (Lipinski definition) is 1. The lowest BCUT2D eigenvalue weighted by atomic mass is 10.2. The lowest BCUT2D eigenvalue weighted by Gasteiger charge is -2.10. The number of carbonyl (C=O) groups is 1. The largest absolute Gasteiger partial charge is 0.478 e. The number of hydrogen-bond acceptors (Lipinski definition) is 4. The quantitative estimate of drug-likeness (QED) is 0.880. The predicted octanol–water partition coefficient (Wildman–Crippen LogP) is 1.73. The van der Waals surface area contributed by atoms with E-state index in [9.17, 15) is 18.0 Å². The van der Waals surface area contributed by atoms with Crippen LogP contribution in [0.25, 0.3) is 0 Å². The molecule has 0 unspecified atom stereocenters. The molecule has 0 bridgehead atoms. The number of carboxylic acid groups (broad SMARTS) is 1. The highest BCUT2D eigenvalue weighted by Crippen LogP contribution is 2.30. The van der Waals surface area contributed by atoms with E-state index in [4.69, 9.17) is 9.84 Å². The van der Waals surface area contributed by atoms with Gasteiger partial charge in [0, 0.05) is 12.8 Å². The molecule has 17 heavy (non-hydrogen) atoms. The molecule has 0 spiro atoms. The molecule has 0 aliphatic rings. The third-order valence-electron chi connectivity index (χ3n) is 1.77. The van der Waals surface area contributed by atoms with Gasteiger partial charge in [-0.3, -0.25) is 0 Å². The fourth-order valence-corrected chi connectivity index (χ4v) is 1.05. The molecule has 0 aromatic carbocycles. The van der Waals surface area contributed by atoms with E-state index in [-0.39, 0.29) is 12.4 Å². The Morgan fingerprint density at radius 2 is 2.18 bits per heavy atom. The molecule has 0 aliphatic heterocycles. The zero-order valence-electron chi connectivity index (χ0n) is 8.78. The second kappa shape index (κ2) is 5.09. The molecule has 0 fully saturated rings. The maximum absolute atomic E-state index is 12.5. The first kappa shape index (κ1) is 13.4. The lowest BCUT2D eigenvalue weighted by molar-refractivity contribution is -0.142. The van der Waals surface area contributed by atoms with Gasteiger partial charge in [0.1, 0.15) is 12.2 Å². The van der Waals surface area contributed by atoms with Crippen LogP contribution in [-0.2, 0) is 17.5 Å². The van der Waals surface area contributed by atoms with Crippen LogP contribution in [0.4, 0.5) is 13.2 Å². The Hall–Kier alpha value is -1.70.